The lowest BCUT2D eigenvalue weighted by molar-refractivity contribution is 1.50. The van der Waals surface area contributed by atoms with E-state index in [1.807, 2.05) is 17.4 Å². The molecular formula is C43H23NS. The van der Waals surface area contributed by atoms with Crippen LogP contribution in [0.5, 0.6) is 0 Å². The Morgan fingerprint density at radius 2 is 1.11 bits per heavy atom. The van der Waals surface area contributed by atoms with Crippen LogP contribution in [0, 0.1) is 11.3 Å². The van der Waals surface area contributed by atoms with E-state index < -0.39 is 0 Å². The second kappa shape index (κ2) is 9.13. The zero-order valence-electron chi connectivity index (χ0n) is 24.1. The van der Waals surface area contributed by atoms with Crippen LogP contribution in [0.25, 0.3) is 97.0 Å². The van der Waals surface area contributed by atoms with E-state index in [-0.39, 0.29) is 0 Å². The van der Waals surface area contributed by atoms with Gasteiger partial charge in [-0.05, 0) is 108 Å². The highest BCUT2D eigenvalue weighted by Crippen LogP contribution is 2.50. The van der Waals surface area contributed by atoms with Crippen molar-refractivity contribution in [1.29, 1.82) is 5.26 Å². The molecule has 0 N–H and O–H groups in total. The molecule has 0 saturated carbocycles. The van der Waals surface area contributed by atoms with Gasteiger partial charge < -0.3 is 0 Å². The summed E-state index contributed by atoms with van der Waals surface area (Å²) in [5, 5.41) is 19.7. The van der Waals surface area contributed by atoms with Crippen LogP contribution >= 0.6 is 11.3 Å². The van der Waals surface area contributed by atoms with Crippen LogP contribution in [0.2, 0.25) is 0 Å². The molecule has 1 aliphatic carbocycles. The third-order valence-corrected chi connectivity index (χ3v) is 10.8. The first-order chi connectivity index (χ1) is 22.3. The number of thiophene rings is 1. The predicted molar refractivity (Wildman–Crippen MR) is 192 cm³/mol. The zero-order valence-corrected chi connectivity index (χ0v) is 25.0. The van der Waals surface area contributed by atoms with Crippen molar-refractivity contribution in [2.24, 2.45) is 0 Å². The first-order valence-electron chi connectivity index (χ1n) is 15.2. The second-order valence-corrected chi connectivity index (χ2v) is 13.0. The molecule has 10 rings (SSSR count). The van der Waals surface area contributed by atoms with Crippen LogP contribution < -0.4 is 0 Å². The van der Waals surface area contributed by atoms with E-state index in [2.05, 4.69) is 140 Å². The lowest BCUT2D eigenvalue weighted by atomic mass is 9.91. The van der Waals surface area contributed by atoms with Gasteiger partial charge in [-0.1, -0.05) is 103 Å². The van der Waals surface area contributed by atoms with Crippen LogP contribution in [0.3, 0.4) is 0 Å². The Balaban J connectivity index is 1.20. The van der Waals surface area contributed by atoms with Crippen molar-refractivity contribution in [1.82, 2.24) is 0 Å². The summed E-state index contributed by atoms with van der Waals surface area (Å²) >= 11 is 1.86. The molecule has 45 heavy (non-hydrogen) atoms. The predicted octanol–water partition coefficient (Wildman–Crippen LogP) is 12.4. The zero-order chi connectivity index (χ0) is 29.6. The van der Waals surface area contributed by atoms with Crippen LogP contribution in [-0.2, 0) is 0 Å². The van der Waals surface area contributed by atoms with E-state index in [1.54, 1.807) is 0 Å². The van der Waals surface area contributed by atoms with Gasteiger partial charge in [0.25, 0.3) is 0 Å². The number of nitriles is 1. The minimum absolute atomic E-state index is 0.730. The first-order valence-corrected chi connectivity index (χ1v) is 16.1. The standard InChI is InChI=1S/C43H23NS/c44-24-28-16-19-36-34-18-15-26(22-38(34)35-13-5-11-31(28)42(35)36)30-12-6-14-41-43(30)39-23-27(17-20-40(39)45-41)37-21-25-7-1-2-8-29(25)32-9-3-4-10-33(32)37/h1-23H. The SMILES string of the molecule is N#Cc1ccc2c3c(cccc13)-c1cc(-c3cccc4sc5ccc(-c6cc7ccccc7c7ccccc67)cc5c34)ccc1-2. The number of fused-ring (bicyclic) bond motifs is 9. The molecule has 0 aliphatic heterocycles. The third-order valence-electron chi connectivity index (χ3n) is 9.65. The molecule has 206 valence electrons. The van der Waals surface area contributed by atoms with E-state index in [1.165, 1.54) is 91.6 Å². The van der Waals surface area contributed by atoms with Crippen LogP contribution in [0.1, 0.15) is 5.56 Å². The van der Waals surface area contributed by atoms with Crippen molar-refractivity contribution >= 4 is 63.8 Å². The Kier molecular flexibility index (Phi) is 5.00. The summed E-state index contributed by atoms with van der Waals surface area (Å²) in [7, 11) is 0. The van der Waals surface area contributed by atoms with E-state index in [4.69, 9.17) is 0 Å². The molecule has 1 heterocycles. The largest absolute Gasteiger partial charge is 0.192 e. The first kappa shape index (κ1) is 24.7. The molecule has 9 aromatic rings. The lowest BCUT2D eigenvalue weighted by Gasteiger charge is -2.12. The van der Waals surface area contributed by atoms with Gasteiger partial charge in [-0.15, -0.1) is 11.3 Å². The van der Waals surface area contributed by atoms with Gasteiger partial charge in [-0.2, -0.15) is 5.26 Å². The molecule has 0 unspecified atom stereocenters. The third kappa shape index (κ3) is 3.42. The van der Waals surface area contributed by atoms with E-state index in [9.17, 15) is 5.26 Å². The molecule has 1 nitrogen and oxygen atoms in total. The molecule has 0 radical (unpaired) electrons. The minimum Gasteiger partial charge on any atom is -0.192 e. The molecule has 0 bridgehead atoms. The normalized spacial score (nSPS) is 12.0. The fourth-order valence-electron chi connectivity index (χ4n) is 7.65. The van der Waals surface area contributed by atoms with Gasteiger partial charge in [0.1, 0.15) is 0 Å². The maximum atomic E-state index is 9.76. The van der Waals surface area contributed by atoms with Gasteiger partial charge in [0.15, 0.2) is 0 Å². The molecule has 0 atom stereocenters. The summed E-state index contributed by atoms with van der Waals surface area (Å²) < 4.78 is 2.60. The van der Waals surface area contributed by atoms with Crippen molar-refractivity contribution in [3.8, 4) is 50.6 Å². The maximum Gasteiger partial charge on any atom is 0.0998 e. The minimum atomic E-state index is 0.730. The Hall–Kier alpha value is -5.75. The molecule has 0 amide bonds. The highest BCUT2D eigenvalue weighted by atomic mass is 32.1. The lowest BCUT2D eigenvalue weighted by Crippen LogP contribution is -1.85. The number of benzene rings is 8. The second-order valence-electron chi connectivity index (χ2n) is 11.9. The maximum absolute atomic E-state index is 9.76. The summed E-state index contributed by atoms with van der Waals surface area (Å²) in [4.78, 5) is 0. The monoisotopic (exact) mass is 585 g/mol. The van der Waals surface area contributed by atoms with E-state index in [0.717, 1.165) is 10.9 Å². The molecule has 1 aromatic heterocycles. The number of rotatable bonds is 2. The van der Waals surface area contributed by atoms with Crippen LogP contribution in [0.4, 0.5) is 0 Å². The van der Waals surface area contributed by atoms with Gasteiger partial charge in [0.05, 0.1) is 11.6 Å². The number of nitrogens with zero attached hydrogens (tertiary/aromatic N) is 1. The quantitative estimate of drug-likeness (QED) is 0.185. The Labute approximate surface area is 263 Å². The molecule has 0 spiro atoms. The molecule has 0 fully saturated rings. The molecule has 0 saturated heterocycles. The smallest absolute Gasteiger partial charge is 0.0998 e. The highest BCUT2D eigenvalue weighted by Gasteiger charge is 2.23. The van der Waals surface area contributed by atoms with Gasteiger partial charge in [0, 0.05) is 25.6 Å². The van der Waals surface area contributed by atoms with Crippen molar-refractivity contribution in [2.45, 2.75) is 0 Å². The van der Waals surface area contributed by atoms with Gasteiger partial charge in [-0.25, -0.2) is 0 Å². The summed E-state index contributed by atoms with van der Waals surface area (Å²) in [5.74, 6) is 0. The summed E-state index contributed by atoms with van der Waals surface area (Å²) in [6.45, 7) is 0. The summed E-state index contributed by atoms with van der Waals surface area (Å²) in [6, 6.07) is 53.2. The fraction of sp³-hybridized carbons (Fsp3) is 0. The van der Waals surface area contributed by atoms with Crippen LogP contribution in [-0.4, -0.2) is 0 Å². The van der Waals surface area contributed by atoms with E-state index >= 15 is 0 Å². The Bertz CT molecular complexity index is 2770. The van der Waals surface area contributed by atoms with Gasteiger partial charge in [-0.3, -0.25) is 0 Å². The van der Waals surface area contributed by atoms with Crippen LogP contribution in [0.15, 0.2) is 140 Å². The molecule has 1 aliphatic rings. The van der Waals surface area contributed by atoms with Gasteiger partial charge in [0.2, 0.25) is 0 Å². The number of hydrogen-bond donors (Lipinski definition) is 0. The Morgan fingerprint density at radius 1 is 0.400 bits per heavy atom. The Morgan fingerprint density at radius 3 is 2.02 bits per heavy atom. The fourth-order valence-corrected chi connectivity index (χ4v) is 8.76. The average molecular weight is 586 g/mol. The summed E-state index contributed by atoms with van der Waals surface area (Å²) in [5.41, 5.74) is 10.6. The van der Waals surface area contributed by atoms with Crippen molar-refractivity contribution in [3.05, 3.63) is 145 Å². The van der Waals surface area contributed by atoms with E-state index in [0.29, 0.717) is 0 Å². The molecule has 2 heteroatoms. The summed E-state index contributed by atoms with van der Waals surface area (Å²) in [6.07, 6.45) is 0. The number of hydrogen-bond acceptors (Lipinski definition) is 2. The van der Waals surface area contributed by atoms with Gasteiger partial charge >= 0.3 is 0 Å². The highest BCUT2D eigenvalue weighted by molar-refractivity contribution is 7.26. The molecular weight excluding hydrogens is 563 g/mol. The van der Waals surface area contributed by atoms with Crippen molar-refractivity contribution in [2.75, 3.05) is 0 Å². The van der Waals surface area contributed by atoms with Crippen molar-refractivity contribution in [3.63, 3.8) is 0 Å². The molecule has 8 aromatic carbocycles. The van der Waals surface area contributed by atoms with Crippen molar-refractivity contribution < 1.29 is 0 Å². The topological polar surface area (TPSA) is 23.8 Å². The average Bonchev–Trinajstić information content (AvgIpc) is 3.64.